The van der Waals surface area contributed by atoms with E-state index in [0.29, 0.717) is 77.6 Å². The molecule has 2 aliphatic heterocycles. The number of nitrogens with zero attached hydrogens (tertiary/aromatic N) is 3. The molecule has 13 nitrogen and oxygen atoms in total. The number of benzene rings is 1. The van der Waals surface area contributed by atoms with Crippen LogP contribution in [0.3, 0.4) is 0 Å². The molecule has 46 heavy (non-hydrogen) atoms. The molecule has 1 aromatic heterocycles. The van der Waals surface area contributed by atoms with Gasteiger partial charge in [0.15, 0.2) is 11.6 Å². The van der Waals surface area contributed by atoms with Crippen LogP contribution in [-0.2, 0) is 38.4 Å². The summed E-state index contributed by atoms with van der Waals surface area (Å²) in [5, 5.41) is 15.9. The van der Waals surface area contributed by atoms with Crippen molar-refractivity contribution in [1.82, 2.24) is 20.1 Å². The molecule has 14 heteroatoms. The average Bonchev–Trinajstić information content (AvgIpc) is 3.41. The summed E-state index contributed by atoms with van der Waals surface area (Å²) < 4.78 is 30.2. The van der Waals surface area contributed by atoms with Gasteiger partial charge in [-0.15, -0.1) is 0 Å². The van der Waals surface area contributed by atoms with Crippen molar-refractivity contribution >= 4 is 23.7 Å². The van der Waals surface area contributed by atoms with E-state index in [2.05, 4.69) is 16.7 Å². The van der Waals surface area contributed by atoms with Crippen molar-refractivity contribution in [2.45, 2.75) is 51.1 Å². The minimum Gasteiger partial charge on any atom is -0.494 e. The standard InChI is InChI=1S/C32H45FN6O7/c1-44-28-7-6-22(19-25(28)33)27(20-30(41)42)39-13-12-38(32(39)43)11-3-5-26-24(18-23-4-2-10-35-31(23)37-26)21-36-29(40)8-14-45-16-17-46-15-9-34/h6-7,18-19,27H,2-5,8-17,20-21,34H2,1H3,(H,35,37)(H,36,40)(H,41,42)/t27-/m0/s1. The maximum absolute atomic E-state index is 14.5. The summed E-state index contributed by atoms with van der Waals surface area (Å²) in [5.74, 6) is -0.922. The number of aromatic nitrogens is 1. The first-order valence-electron chi connectivity index (χ1n) is 15.8. The number of halogens is 1. The van der Waals surface area contributed by atoms with E-state index < -0.39 is 17.8 Å². The van der Waals surface area contributed by atoms with Gasteiger partial charge in [-0.2, -0.15) is 0 Å². The predicted octanol–water partition coefficient (Wildman–Crippen LogP) is 2.47. The molecule has 252 valence electrons. The van der Waals surface area contributed by atoms with Crippen LogP contribution in [0.5, 0.6) is 5.75 Å². The van der Waals surface area contributed by atoms with Crippen molar-refractivity contribution in [3.8, 4) is 5.75 Å². The number of hydrogen-bond acceptors (Lipinski definition) is 9. The van der Waals surface area contributed by atoms with Crippen molar-refractivity contribution in [2.24, 2.45) is 5.73 Å². The zero-order valence-corrected chi connectivity index (χ0v) is 26.4. The molecule has 0 spiro atoms. The summed E-state index contributed by atoms with van der Waals surface area (Å²) in [7, 11) is 1.35. The Morgan fingerprint density at radius 3 is 2.72 bits per heavy atom. The van der Waals surface area contributed by atoms with Crippen LogP contribution in [0.1, 0.15) is 54.1 Å². The molecular weight excluding hydrogens is 599 g/mol. The number of carbonyl (C=O) groups excluding carboxylic acids is 2. The molecule has 1 saturated heterocycles. The molecule has 3 heterocycles. The lowest BCUT2D eigenvalue weighted by Gasteiger charge is -2.27. The number of nitrogens with one attached hydrogen (secondary N) is 2. The van der Waals surface area contributed by atoms with Gasteiger partial charge in [0.1, 0.15) is 5.82 Å². The van der Waals surface area contributed by atoms with Crippen molar-refractivity contribution in [3.63, 3.8) is 0 Å². The number of aryl methyl sites for hydroxylation is 2. The van der Waals surface area contributed by atoms with E-state index in [-0.39, 0.29) is 30.5 Å². The Morgan fingerprint density at radius 2 is 1.98 bits per heavy atom. The van der Waals surface area contributed by atoms with Gasteiger partial charge in [0.25, 0.3) is 0 Å². The summed E-state index contributed by atoms with van der Waals surface area (Å²) >= 11 is 0. The fraction of sp³-hybridized carbons (Fsp3) is 0.562. The Morgan fingerprint density at radius 1 is 1.17 bits per heavy atom. The Balaban J connectivity index is 1.33. The Labute approximate surface area is 268 Å². The number of methoxy groups -OCH3 is 1. The molecule has 0 radical (unpaired) electrons. The third-order valence-corrected chi connectivity index (χ3v) is 8.04. The number of urea groups is 1. The van der Waals surface area contributed by atoms with Gasteiger partial charge in [-0.1, -0.05) is 6.07 Å². The molecule has 0 saturated carbocycles. The van der Waals surface area contributed by atoms with E-state index in [4.69, 9.17) is 24.9 Å². The summed E-state index contributed by atoms with van der Waals surface area (Å²) in [6.07, 6.45) is 2.99. The number of pyridine rings is 1. The number of carboxylic acids is 1. The highest BCUT2D eigenvalue weighted by Crippen LogP contribution is 2.31. The summed E-state index contributed by atoms with van der Waals surface area (Å²) in [6.45, 7) is 4.43. The molecule has 1 atom stereocenters. The molecule has 0 unspecified atom stereocenters. The number of hydrogen-bond donors (Lipinski definition) is 4. The number of nitrogens with two attached hydrogens (primary N) is 1. The molecule has 3 amide bonds. The molecule has 1 aromatic carbocycles. The van der Waals surface area contributed by atoms with Gasteiger partial charge in [0, 0.05) is 51.4 Å². The first-order valence-corrected chi connectivity index (χ1v) is 15.8. The van der Waals surface area contributed by atoms with Crippen molar-refractivity contribution in [3.05, 3.63) is 52.5 Å². The topological polar surface area (TPSA) is 169 Å². The minimum atomic E-state index is -1.08. The summed E-state index contributed by atoms with van der Waals surface area (Å²) in [4.78, 5) is 45.7. The highest BCUT2D eigenvalue weighted by atomic mass is 19.1. The molecule has 2 aliphatic rings. The van der Waals surface area contributed by atoms with E-state index in [0.717, 1.165) is 42.0 Å². The van der Waals surface area contributed by atoms with Crippen LogP contribution in [0.25, 0.3) is 0 Å². The number of rotatable bonds is 19. The minimum absolute atomic E-state index is 0.0476. The lowest BCUT2D eigenvalue weighted by Crippen LogP contribution is -2.36. The number of ether oxygens (including phenoxy) is 3. The van der Waals surface area contributed by atoms with E-state index in [9.17, 15) is 23.9 Å². The first-order chi connectivity index (χ1) is 22.3. The van der Waals surface area contributed by atoms with E-state index in [1.165, 1.54) is 24.1 Å². The van der Waals surface area contributed by atoms with Gasteiger partial charge in [-0.05, 0) is 60.6 Å². The third kappa shape index (κ3) is 9.74. The van der Waals surface area contributed by atoms with Crippen LogP contribution in [-0.4, -0.2) is 104 Å². The normalized spacial score (nSPS) is 15.0. The van der Waals surface area contributed by atoms with Gasteiger partial charge < -0.3 is 45.5 Å². The fourth-order valence-corrected chi connectivity index (χ4v) is 5.69. The van der Waals surface area contributed by atoms with E-state index >= 15 is 0 Å². The summed E-state index contributed by atoms with van der Waals surface area (Å²) in [6, 6.07) is 5.26. The number of fused-ring (bicyclic) bond motifs is 1. The number of carbonyl (C=O) groups is 3. The molecule has 1 fully saturated rings. The maximum atomic E-state index is 14.5. The Hall–Kier alpha value is -4.01. The smallest absolute Gasteiger partial charge is 0.320 e. The molecule has 0 aliphatic carbocycles. The van der Waals surface area contributed by atoms with Crippen LogP contribution in [0.15, 0.2) is 24.3 Å². The second-order valence-electron chi connectivity index (χ2n) is 11.2. The molecule has 2 aromatic rings. The lowest BCUT2D eigenvalue weighted by molar-refractivity contribution is -0.138. The number of aliphatic carboxylic acids is 1. The second kappa shape index (κ2) is 17.6. The first kappa shape index (κ1) is 34.9. The van der Waals surface area contributed by atoms with Crippen LogP contribution in [0.2, 0.25) is 0 Å². The van der Waals surface area contributed by atoms with Gasteiger partial charge in [-0.3, -0.25) is 9.59 Å². The van der Waals surface area contributed by atoms with Gasteiger partial charge in [0.2, 0.25) is 5.91 Å². The van der Waals surface area contributed by atoms with Crippen LogP contribution < -0.4 is 21.1 Å². The molecule has 0 bridgehead atoms. The van der Waals surface area contributed by atoms with Crippen molar-refractivity contribution < 1.29 is 38.1 Å². The molecule has 5 N–H and O–H groups in total. The average molecular weight is 645 g/mol. The SMILES string of the molecule is COc1ccc([C@H](CC(=O)O)N2CCN(CCCc3nc4c(cc3CNC(=O)CCOCCOCCN)CCCN4)C2=O)cc1F. The monoisotopic (exact) mass is 644 g/mol. The van der Waals surface area contributed by atoms with Crippen LogP contribution in [0.4, 0.5) is 15.0 Å². The number of amides is 3. The molecule has 4 rings (SSSR count). The third-order valence-electron chi connectivity index (χ3n) is 8.04. The highest BCUT2D eigenvalue weighted by Gasteiger charge is 2.35. The van der Waals surface area contributed by atoms with Crippen molar-refractivity contribution in [1.29, 1.82) is 0 Å². The summed E-state index contributed by atoms with van der Waals surface area (Å²) in [5.41, 5.74) is 8.68. The van der Waals surface area contributed by atoms with E-state index in [1.807, 2.05) is 0 Å². The Kier molecular flexibility index (Phi) is 13.4. The van der Waals surface area contributed by atoms with Crippen LogP contribution in [0, 0.1) is 5.82 Å². The van der Waals surface area contributed by atoms with Gasteiger partial charge in [-0.25, -0.2) is 14.2 Å². The van der Waals surface area contributed by atoms with Gasteiger partial charge in [0.05, 0.1) is 46.0 Å². The van der Waals surface area contributed by atoms with E-state index in [1.54, 1.807) is 11.0 Å². The highest BCUT2D eigenvalue weighted by molar-refractivity contribution is 5.78. The van der Waals surface area contributed by atoms with Crippen LogP contribution >= 0.6 is 0 Å². The maximum Gasteiger partial charge on any atom is 0.320 e. The fourth-order valence-electron chi connectivity index (χ4n) is 5.69. The predicted molar refractivity (Wildman–Crippen MR) is 168 cm³/mol. The van der Waals surface area contributed by atoms with Crippen molar-refractivity contribution in [2.75, 3.05) is 71.6 Å². The van der Waals surface area contributed by atoms with Gasteiger partial charge >= 0.3 is 12.0 Å². The zero-order valence-electron chi connectivity index (χ0n) is 26.4. The Bertz CT molecular complexity index is 1350. The number of anilines is 1. The largest absolute Gasteiger partial charge is 0.494 e. The number of carboxylic acid groups (broad SMARTS) is 1. The second-order valence-corrected chi connectivity index (χ2v) is 11.2. The quantitative estimate of drug-likeness (QED) is 0.167. The molecular formula is C32H45FN6O7. The lowest BCUT2D eigenvalue weighted by atomic mass is 10.0. The zero-order chi connectivity index (χ0) is 32.9.